The van der Waals surface area contributed by atoms with Crippen molar-refractivity contribution in [1.82, 2.24) is 16.0 Å². The molecule has 0 bridgehead atoms. The van der Waals surface area contributed by atoms with Crippen molar-refractivity contribution in [3.63, 3.8) is 0 Å². The van der Waals surface area contributed by atoms with Gasteiger partial charge < -0.3 is 27.4 Å². The number of hydrogen-bond acceptors (Lipinski definition) is 6. The highest BCUT2D eigenvalue weighted by atomic mass is 32.1. The second kappa shape index (κ2) is 12.7. The molecule has 28 heavy (non-hydrogen) atoms. The van der Waals surface area contributed by atoms with Gasteiger partial charge >= 0.3 is 0 Å². The third kappa shape index (κ3) is 8.87. The Hall–Kier alpha value is -2.59. The molecule has 153 valence electrons. The largest absolute Gasteiger partial charge is 0.370 e. The van der Waals surface area contributed by atoms with E-state index in [2.05, 4.69) is 28.6 Å². The Labute approximate surface area is 169 Å². The van der Waals surface area contributed by atoms with Gasteiger partial charge in [-0.1, -0.05) is 30.3 Å². The van der Waals surface area contributed by atoms with Crippen LogP contribution in [-0.2, 0) is 20.8 Å². The molecule has 9 nitrogen and oxygen atoms in total. The fourth-order valence-electron chi connectivity index (χ4n) is 2.42. The van der Waals surface area contributed by atoms with Gasteiger partial charge in [0.15, 0.2) is 5.96 Å². The number of hydrogen-bond donors (Lipinski definition) is 7. The van der Waals surface area contributed by atoms with E-state index < -0.39 is 29.9 Å². The summed E-state index contributed by atoms with van der Waals surface area (Å²) in [4.78, 5) is 35.7. The van der Waals surface area contributed by atoms with Crippen molar-refractivity contribution < 1.29 is 14.4 Å². The Morgan fingerprint density at radius 3 is 2.43 bits per heavy atom. The van der Waals surface area contributed by atoms with Gasteiger partial charge in [0.25, 0.3) is 0 Å². The Morgan fingerprint density at radius 1 is 1.18 bits per heavy atom. The minimum absolute atomic E-state index is 0.0926. The molecule has 3 atom stereocenters. The fourth-order valence-corrected chi connectivity index (χ4v) is 2.59. The summed E-state index contributed by atoms with van der Waals surface area (Å²) >= 11 is 3.97. The lowest BCUT2D eigenvalue weighted by molar-refractivity contribution is -0.129. The van der Waals surface area contributed by atoms with Crippen LogP contribution in [0.3, 0.4) is 0 Å². The van der Waals surface area contributed by atoms with Crippen molar-refractivity contribution in [3.05, 3.63) is 35.9 Å². The molecule has 3 unspecified atom stereocenters. The first kappa shape index (κ1) is 23.4. The van der Waals surface area contributed by atoms with E-state index in [9.17, 15) is 14.4 Å². The van der Waals surface area contributed by atoms with Crippen molar-refractivity contribution in [2.24, 2.45) is 11.5 Å². The van der Waals surface area contributed by atoms with E-state index in [4.69, 9.17) is 16.9 Å². The molecule has 0 aliphatic heterocycles. The minimum Gasteiger partial charge on any atom is -0.370 e. The van der Waals surface area contributed by atoms with Crippen LogP contribution in [0.1, 0.15) is 18.4 Å². The number of nitrogens with two attached hydrogens (primary N) is 2. The van der Waals surface area contributed by atoms with Crippen LogP contribution in [0.2, 0.25) is 0 Å². The standard InChI is InChI=1S/C18H27N6O3S/c19-14(9-12-5-2-1-3-6-12)16(26)24-15(7-4-8-22-18(20)21)17(27)23-13(10-25)11-28/h1-3,5-6,13-15,28H,4,7-9,11,19H2,(H,23,27)(H,24,26)(H4,20,21,22). The molecule has 10 heteroatoms. The van der Waals surface area contributed by atoms with Crippen LogP contribution < -0.4 is 27.4 Å². The number of thiol groups is 1. The van der Waals surface area contributed by atoms with E-state index in [-0.39, 0.29) is 18.1 Å². The Morgan fingerprint density at radius 2 is 1.86 bits per heavy atom. The highest BCUT2D eigenvalue weighted by Crippen LogP contribution is 2.04. The maximum absolute atomic E-state index is 12.4. The van der Waals surface area contributed by atoms with Crippen molar-refractivity contribution in [3.8, 4) is 0 Å². The van der Waals surface area contributed by atoms with Gasteiger partial charge in [0, 0.05) is 12.3 Å². The number of guanidine groups is 1. The summed E-state index contributed by atoms with van der Waals surface area (Å²) in [5.74, 6) is -1.08. The third-order valence-corrected chi connectivity index (χ3v) is 4.26. The number of nitrogens with one attached hydrogen (secondary N) is 4. The second-order valence-electron chi connectivity index (χ2n) is 6.20. The quantitative estimate of drug-likeness (QED) is 0.0999. The molecule has 0 fully saturated rings. The van der Waals surface area contributed by atoms with Crippen LogP contribution in [0.15, 0.2) is 30.3 Å². The lowest BCUT2D eigenvalue weighted by atomic mass is 10.0. The Bertz CT molecular complexity index is 658. The van der Waals surface area contributed by atoms with Crippen LogP contribution in [0.4, 0.5) is 0 Å². The molecule has 0 aromatic heterocycles. The summed E-state index contributed by atoms with van der Waals surface area (Å²) in [6.07, 6.45) is 2.74. The molecule has 1 radical (unpaired) electrons. The van der Waals surface area contributed by atoms with Crippen molar-refractivity contribution in [2.45, 2.75) is 37.4 Å². The normalized spacial score (nSPS) is 13.6. The molecule has 2 amide bonds. The van der Waals surface area contributed by atoms with Gasteiger partial charge in [-0.3, -0.25) is 19.8 Å². The molecule has 1 rings (SSSR count). The summed E-state index contributed by atoms with van der Waals surface area (Å²) in [5.41, 5.74) is 12.1. The summed E-state index contributed by atoms with van der Waals surface area (Å²) in [5, 5.41) is 14.9. The highest BCUT2D eigenvalue weighted by Gasteiger charge is 2.25. The Balaban J connectivity index is 2.70. The van der Waals surface area contributed by atoms with E-state index in [1.165, 1.54) is 0 Å². The van der Waals surface area contributed by atoms with Gasteiger partial charge in [-0.05, 0) is 24.8 Å². The van der Waals surface area contributed by atoms with E-state index in [0.717, 1.165) is 5.56 Å². The zero-order valence-electron chi connectivity index (χ0n) is 15.5. The van der Waals surface area contributed by atoms with Crippen LogP contribution >= 0.6 is 12.6 Å². The van der Waals surface area contributed by atoms with E-state index >= 15 is 0 Å². The maximum Gasteiger partial charge on any atom is 0.243 e. The molecule has 0 saturated carbocycles. The predicted octanol–water partition coefficient (Wildman–Crippen LogP) is -1.17. The smallest absolute Gasteiger partial charge is 0.243 e. The summed E-state index contributed by atoms with van der Waals surface area (Å²) in [6.45, 7) is 0.362. The third-order valence-electron chi connectivity index (χ3n) is 3.89. The molecule has 0 aliphatic rings. The molecule has 0 spiro atoms. The van der Waals surface area contributed by atoms with Gasteiger partial charge in [-0.2, -0.15) is 12.6 Å². The predicted molar refractivity (Wildman–Crippen MR) is 111 cm³/mol. The van der Waals surface area contributed by atoms with Crippen LogP contribution in [0.25, 0.3) is 0 Å². The van der Waals surface area contributed by atoms with E-state index in [0.29, 0.717) is 19.4 Å². The van der Waals surface area contributed by atoms with Gasteiger partial charge in [-0.15, -0.1) is 0 Å². The molecule has 0 saturated heterocycles. The maximum atomic E-state index is 12.4. The van der Waals surface area contributed by atoms with Gasteiger partial charge in [-0.25, -0.2) is 0 Å². The van der Waals surface area contributed by atoms with Crippen molar-refractivity contribution in [1.29, 1.82) is 5.41 Å². The van der Waals surface area contributed by atoms with Gasteiger partial charge in [0.2, 0.25) is 18.1 Å². The van der Waals surface area contributed by atoms with E-state index in [1.54, 1.807) is 6.29 Å². The SMILES string of the molecule is N=C(N)NCCCC(NC(=O)C(N)Cc1ccccc1)C(=O)NC([C]=O)CS. The first-order valence-electron chi connectivity index (χ1n) is 8.84. The molecular formula is C18H27N6O3S. The molecule has 0 heterocycles. The van der Waals surface area contributed by atoms with Gasteiger partial charge in [0.1, 0.15) is 12.1 Å². The molecular weight excluding hydrogens is 380 g/mol. The zero-order valence-corrected chi connectivity index (χ0v) is 16.4. The average molecular weight is 408 g/mol. The first-order chi connectivity index (χ1) is 13.4. The lowest BCUT2D eigenvalue weighted by Gasteiger charge is -2.22. The summed E-state index contributed by atoms with van der Waals surface area (Å²) < 4.78 is 0. The van der Waals surface area contributed by atoms with Crippen LogP contribution in [0, 0.1) is 5.41 Å². The summed E-state index contributed by atoms with van der Waals surface area (Å²) in [7, 11) is 0. The lowest BCUT2D eigenvalue weighted by Crippen LogP contribution is -2.54. The second-order valence-corrected chi connectivity index (χ2v) is 6.57. The van der Waals surface area contributed by atoms with Crippen LogP contribution in [-0.4, -0.2) is 54.5 Å². The van der Waals surface area contributed by atoms with Crippen LogP contribution in [0.5, 0.6) is 0 Å². The van der Waals surface area contributed by atoms with E-state index in [1.807, 2.05) is 30.3 Å². The number of amides is 2. The zero-order chi connectivity index (χ0) is 20.9. The fraction of sp³-hybridized carbons (Fsp3) is 0.444. The number of carbonyl (C=O) groups is 2. The topological polar surface area (TPSA) is 163 Å². The molecule has 8 N–H and O–H groups in total. The molecule has 1 aromatic carbocycles. The average Bonchev–Trinajstić information content (AvgIpc) is 2.68. The highest BCUT2D eigenvalue weighted by molar-refractivity contribution is 7.80. The first-order valence-corrected chi connectivity index (χ1v) is 9.47. The monoisotopic (exact) mass is 407 g/mol. The molecule has 0 aliphatic carbocycles. The number of carbonyl (C=O) groups excluding carboxylic acids is 3. The van der Waals surface area contributed by atoms with Crippen molar-refractivity contribution >= 4 is 36.7 Å². The minimum atomic E-state index is -0.890. The number of benzene rings is 1. The number of rotatable bonds is 12. The van der Waals surface area contributed by atoms with Crippen molar-refractivity contribution in [2.75, 3.05) is 12.3 Å². The van der Waals surface area contributed by atoms with Gasteiger partial charge in [0.05, 0.1) is 6.04 Å². The summed E-state index contributed by atoms with van der Waals surface area (Å²) in [6, 6.07) is 6.71. The Kier molecular flexibility index (Phi) is 10.7. The molecule has 1 aromatic rings.